The van der Waals surface area contributed by atoms with E-state index in [1.54, 1.807) is 7.11 Å². The average Bonchev–Trinajstić information content (AvgIpc) is 2.71. The molecule has 1 aromatic carbocycles. The predicted molar refractivity (Wildman–Crippen MR) is 69.9 cm³/mol. The SMILES string of the molecule is COCC(C)NCCN1Cc2ccccc2C1. The fraction of sp³-hybridized carbons (Fsp3) is 0.571. The molecule has 1 unspecified atom stereocenters. The van der Waals surface area contributed by atoms with Crippen molar-refractivity contribution in [3.8, 4) is 0 Å². The lowest BCUT2D eigenvalue weighted by Gasteiger charge is -2.17. The highest BCUT2D eigenvalue weighted by molar-refractivity contribution is 5.30. The van der Waals surface area contributed by atoms with Gasteiger partial charge in [0, 0.05) is 39.3 Å². The van der Waals surface area contributed by atoms with E-state index in [9.17, 15) is 0 Å². The summed E-state index contributed by atoms with van der Waals surface area (Å²) >= 11 is 0. The number of rotatable bonds is 6. The van der Waals surface area contributed by atoms with Crippen LogP contribution in [0, 0.1) is 0 Å². The monoisotopic (exact) mass is 234 g/mol. The van der Waals surface area contributed by atoms with Gasteiger partial charge in [0.05, 0.1) is 6.61 Å². The van der Waals surface area contributed by atoms with Crippen LogP contribution >= 0.6 is 0 Å². The molecule has 1 N–H and O–H groups in total. The first-order valence-corrected chi connectivity index (χ1v) is 6.31. The Hall–Kier alpha value is -0.900. The first-order chi connectivity index (χ1) is 8.29. The highest BCUT2D eigenvalue weighted by atomic mass is 16.5. The molecule has 0 saturated heterocycles. The fourth-order valence-corrected chi connectivity index (χ4v) is 2.34. The van der Waals surface area contributed by atoms with Gasteiger partial charge in [0.15, 0.2) is 0 Å². The summed E-state index contributed by atoms with van der Waals surface area (Å²) in [5.74, 6) is 0. The molecule has 94 valence electrons. The zero-order valence-corrected chi connectivity index (χ0v) is 10.8. The van der Waals surface area contributed by atoms with Crippen molar-refractivity contribution in [2.75, 3.05) is 26.8 Å². The Balaban J connectivity index is 1.70. The zero-order chi connectivity index (χ0) is 12.1. The molecule has 0 aromatic heterocycles. The smallest absolute Gasteiger partial charge is 0.0613 e. The van der Waals surface area contributed by atoms with Crippen LogP contribution in [0.3, 0.4) is 0 Å². The number of hydrogen-bond donors (Lipinski definition) is 1. The Morgan fingerprint density at radius 2 is 1.94 bits per heavy atom. The number of nitrogens with one attached hydrogen (secondary N) is 1. The zero-order valence-electron chi connectivity index (χ0n) is 10.8. The van der Waals surface area contributed by atoms with Gasteiger partial charge in [-0.3, -0.25) is 4.90 Å². The van der Waals surface area contributed by atoms with Crippen LogP contribution in [0.2, 0.25) is 0 Å². The van der Waals surface area contributed by atoms with Crippen LogP contribution in [0.1, 0.15) is 18.1 Å². The molecular formula is C14H22N2O. The normalized spacial score (nSPS) is 17.1. The largest absolute Gasteiger partial charge is 0.383 e. The minimum atomic E-state index is 0.435. The number of hydrogen-bond acceptors (Lipinski definition) is 3. The average molecular weight is 234 g/mol. The number of fused-ring (bicyclic) bond motifs is 1. The number of nitrogens with zero attached hydrogens (tertiary/aromatic N) is 1. The van der Waals surface area contributed by atoms with Gasteiger partial charge >= 0.3 is 0 Å². The Morgan fingerprint density at radius 3 is 2.53 bits per heavy atom. The van der Waals surface area contributed by atoms with E-state index in [4.69, 9.17) is 4.74 Å². The van der Waals surface area contributed by atoms with E-state index in [2.05, 4.69) is 41.4 Å². The molecule has 1 atom stereocenters. The van der Waals surface area contributed by atoms with Crippen molar-refractivity contribution in [2.24, 2.45) is 0 Å². The topological polar surface area (TPSA) is 24.5 Å². The summed E-state index contributed by atoms with van der Waals surface area (Å²) in [6, 6.07) is 9.15. The molecule has 1 aromatic rings. The predicted octanol–water partition coefficient (Wildman–Crippen LogP) is 1.63. The van der Waals surface area contributed by atoms with Gasteiger partial charge in [0.1, 0.15) is 0 Å². The third-order valence-electron chi connectivity index (χ3n) is 3.24. The Morgan fingerprint density at radius 1 is 1.29 bits per heavy atom. The van der Waals surface area contributed by atoms with Crippen LogP contribution in [0.5, 0.6) is 0 Å². The molecule has 0 amide bonds. The van der Waals surface area contributed by atoms with E-state index in [-0.39, 0.29) is 0 Å². The van der Waals surface area contributed by atoms with Gasteiger partial charge in [-0.25, -0.2) is 0 Å². The third-order valence-corrected chi connectivity index (χ3v) is 3.24. The number of ether oxygens (including phenoxy) is 1. The first kappa shape index (κ1) is 12.6. The van der Waals surface area contributed by atoms with Crippen molar-refractivity contribution in [1.29, 1.82) is 0 Å². The third kappa shape index (κ3) is 3.53. The van der Waals surface area contributed by atoms with Crippen LogP contribution in [-0.2, 0) is 17.8 Å². The van der Waals surface area contributed by atoms with Crippen molar-refractivity contribution >= 4 is 0 Å². The van der Waals surface area contributed by atoms with Gasteiger partial charge in [-0.15, -0.1) is 0 Å². The minimum absolute atomic E-state index is 0.435. The second kappa shape index (κ2) is 6.15. The number of benzene rings is 1. The molecule has 1 heterocycles. The van der Waals surface area contributed by atoms with Crippen LogP contribution < -0.4 is 5.32 Å². The fourth-order valence-electron chi connectivity index (χ4n) is 2.34. The molecule has 1 aliphatic rings. The Bertz CT molecular complexity index is 329. The molecule has 0 aliphatic carbocycles. The van der Waals surface area contributed by atoms with Crippen molar-refractivity contribution in [1.82, 2.24) is 10.2 Å². The van der Waals surface area contributed by atoms with Gasteiger partial charge in [-0.2, -0.15) is 0 Å². The van der Waals surface area contributed by atoms with Crippen molar-refractivity contribution in [3.63, 3.8) is 0 Å². The van der Waals surface area contributed by atoms with Gasteiger partial charge in [-0.1, -0.05) is 24.3 Å². The maximum Gasteiger partial charge on any atom is 0.0613 e. The summed E-state index contributed by atoms with van der Waals surface area (Å²) in [4.78, 5) is 2.48. The molecule has 0 fully saturated rings. The lowest BCUT2D eigenvalue weighted by Crippen LogP contribution is -2.36. The maximum absolute atomic E-state index is 5.10. The van der Waals surface area contributed by atoms with Crippen LogP contribution in [-0.4, -0.2) is 37.7 Å². The standard InChI is InChI=1S/C14H22N2O/c1-12(11-17-2)15-7-8-16-9-13-5-3-4-6-14(13)10-16/h3-6,12,15H,7-11H2,1-2H3. The van der Waals surface area contributed by atoms with Gasteiger partial charge < -0.3 is 10.1 Å². The van der Waals surface area contributed by atoms with Gasteiger partial charge in [0.25, 0.3) is 0 Å². The molecule has 0 bridgehead atoms. The van der Waals surface area contributed by atoms with E-state index in [0.29, 0.717) is 6.04 Å². The Labute approximate surface area is 104 Å². The molecule has 17 heavy (non-hydrogen) atoms. The summed E-state index contributed by atoms with van der Waals surface area (Å²) in [7, 11) is 1.75. The van der Waals surface area contributed by atoms with E-state index >= 15 is 0 Å². The summed E-state index contributed by atoms with van der Waals surface area (Å²) in [6.07, 6.45) is 0. The van der Waals surface area contributed by atoms with Crippen LogP contribution in [0.25, 0.3) is 0 Å². The van der Waals surface area contributed by atoms with Gasteiger partial charge in [-0.05, 0) is 18.1 Å². The first-order valence-electron chi connectivity index (χ1n) is 6.31. The summed E-state index contributed by atoms with van der Waals surface area (Å²) in [5.41, 5.74) is 2.97. The molecule has 0 saturated carbocycles. The van der Waals surface area contributed by atoms with Crippen molar-refractivity contribution in [2.45, 2.75) is 26.1 Å². The quantitative estimate of drug-likeness (QED) is 0.809. The summed E-state index contributed by atoms with van der Waals surface area (Å²) in [5, 5.41) is 3.47. The van der Waals surface area contributed by atoms with E-state index in [1.807, 2.05) is 0 Å². The molecule has 0 radical (unpaired) electrons. The molecule has 0 spiro atoms. The molecule has 3 heteroatoms. The number of methoxy groups -OCH3 is 1. The van der Waals surface area contributed by atoms with E-state index in [0.717, 1.165) is 32.8 Å². The van der Waals surface area contributed by atoms with Gasteiger partial charge in [0.2, 0.25) is 0 Å². The van der Waals surface area contributed by atoms with Crippen molar-refractivity contribution < 1.29 is 4.74 Å². The summed E-state index contributed by atoms with van der Waals surface area (Å²) in [6.45, 7) is 7.25. The second-order valence-corrected chi connectivity index (χ2v) is 4.79. The lowest BCUT2D eigenvalue weighted by atomic mass is 10.1. The van der Waals surface area contributed by atoms with Crippen LogP contribution in [0.15, 0.2) is 24.3 Å². The molecule has 2 rings (SSSR count). The lowest BCUT2D eigenvalue weighted by molar-refractivity contribution is 0.169. The molecule has 1 aliphatic heterocycles. The second-order valence-electron chi connectivity index (χ2n) is 4.79. The minimum Gasteiger partial charge on any atom is -0.383 e. The van der Waals surface area contributed by atoms with E-state index in [1.165, 1.54) is 11.1 Å². The van der Waals surface area contributed by atoms with Crippen molar-refractivity contribution in [3.05, 3.63) is 35.4 Å². The molecular weight excluding hydrogens is 212 g/mol. The van der Waals surface area contributed by atoms with E-state index < -0.39 is 0 Å². The maximum atomic E-state index is 5.10. The molecule has 3 nitrogen and oxygen atoms in total. The highest BCUT2D eigenvalue weighted by Gasteiger charge is 2.17. The van der Waals surface area contributed by atoms with Crippen LogP contribution in [0.4, 0.5) is 0 Å². The Kier molecular flexibility index (Phi) is 4.54. The summed E-state index contributed by atoms with van der Waals surface area (Å²) < 4.78 is 5.10. The highest BCUT2D eigenvalue weighted by Crippen LogP contribution is 2.21.